The van der Waals surface area contributed by atoms with Gasteiger partial charge in [-0.1, -0.05) is 48.0 Å². The monoisotopic (exact) mass is 402 g/mol. The van der Waals surface area contributed by atoms with Crippen LogP contribution in [0.1, 0.15) is 28.3 Å². The Hall–Kier alpha value is -3.80. The summed E-state index contributed by atoms with van der Waals surface area (Å²) < 4.78 is 13.5. The van der Waals surface area contributed by atoms with E-state index >= 15 is 0 Å². The Kier molecular flexibility index (Phi) is 5.14. The third kappa shape index (κ3) is 3.59. The normalized spacial score (nSPS) is 18.1. The van der Waals surface area contributed by atoms with Crippen LogP contribution in [-0.4, -0.2) is 26.7 Å². The number of pyridine rings is 1. The molecule has 0 spiro atoms. The number of aliphatic hydroxyl groups is 1. The number of amides is 1. The van der Waals surface area contributed by atoms with Crippen LogP contribution in [0.2, 0.25) is 0 Å². The summed E-state index contributed by atoms with van der Waals surface area (Å²) in [7, 11) is 0. The van der Waals surface area contributed by atoms with E-state index in [0.717, 1.165) is 11.1 Å². The standard InChI is InChI=1S/C24H19FN2O3/c1-15-4-6-18(7-5-15)22(28)20-21(17-8-10-19(25)11-9-17)27(24(30)23(20)29)14-16-3-2-12-26-13-16/h2-13,21,28H,14H2,1H3. The predicted octanol–water partition coefficient (Wildman–Crippen LogP) is 4.15. The number of Topliss-reactive ketones (excluding diaryl/α,β-unsaturated/α-hetero) is 1. The van der Waals surface area contributed by atoms with Gasteiger partial charge in [0.25, 0.3) is 11.7 Å². The van der Waals surface area contributed by atoms with Crippen LogP contribution < -0.4 is 0 Å². The minimum absolute atomic E-state index is 0.0145. The van der Waals surface area contributed by atoms with Crippen LogP contribution >= 0.6 is 0 Å². The van der Waals surface area contributed by atoms with Gasteiger partial charge in [0, 0.05) is 24.5 Å². The highest BCUT2D eigenvalue weighted by Gasteiger charge is 2.46. The van der Waals surface area contributed by atoms with E-state index in [1.54, 1.807) is 36.7 Å². The number of rotatable bonds is 4. The maximum absolute atomic E-state index is 13.5. The number of hydrogen-bond donors (Lipinski definition) is 1. The molecule has 0 aliphatic carbocycles. The van der Waals surface area contributed by atoms with E-state index in [0.29, 0.717) is 11.1 Å². The molecule has 0 saturated carbocycles. The van der Waals surface area contributed by atoms with E-state index in [4.69, 9.17) is 0 Å². The van der Waals surface area contributed by atoms with Crippen molar-refractivity contribution in [3.8, 4) is 0 Å². The Balaban J connectivity index is 1.85. The van der Waals surface area contributed by atoms with Gasteiger partial charge in [-0.3, -0.25) is 14.6 Å². The lowest BCUT2D eigenvalue weighted by Crippen LogP contribution is -2.29. The molecule has 5 nitrogen and oxygen atoms in total. The summed E-state index contributed by atoms with van der Waals surface area (Å²) >= 11 is 0. The Morgan fingerprint density at radius 2 is 1.77 bits per heavy atom. The molecule has 6 heteroatoms. The molecule has 1 saturated heterocycles. The number of carbonyl (C=O) groups excluding carboxylic acids is 2. The van der Waals surface area contributed by atoms with Crippen molar-refractivity contribution in [1.82, 2.24) is 9.88 Å². The average Bonchev–Trinajstić information content (AvgIpc) is 3.00. The van der Waals surface area contributed by atoms with E-state index in [9.17, 15) is 19.1 Å². The van der Waals surface area contributed by atoms with Crippen LogP contribution in [0.3, 0.4) is 0 Å². The van der Waals surface area contributed by atoms with Crippen LogP contribution in [0, 0.1) is 12.7 Å². The number of aliphatic hydroxyl groups excluding tert-OH is 1. The first-order valence-corrected chi connectivity index (χ1v) is 9.45. The van der Waals surface area contributed by atoms with Crippen molar-refractivity contribution in [3.05, 3.63) is 107 Å². The third-order valence-corrected chi connectivity index (χ3v) is 5.13. The van der Waals surface area contributed by atoms with Crippen LogP contribution in [0.5, 0.6) is 0 Å². The summed E-state index contributed by atoms with van der Waals surface area (Å²) in [6.07, 6.45) is 3.23. The van der Waals surface area contributed by atoms with Gasteiger partial charge in [-0.05, 0) is 36.2 Å². The molecule has 3 aromatic rings. The third-order valence-electron chi connectivity index (χ3n) is 5.13. The van der Waals surface area contributed by atoms with Crippen molar-refractivity contribution >= 4 is 17.4 Å². The molecule has 150 valence electrons. The highest BCUT2D eigenvalue weighted by molar-refractivity contribution is 6.46. The maximum atomic E-state index is 13.5. The minimum Gasteiger partial charge on any atom is -0.507 e. The number of aromatic nitrogens is 1. The first-order valence-electron chi connectivity index (χ1n) is 9.45. The summed E-state index contributed by atoms with van der Waals surface area (Å²) in [5.74, 6) is -2.18. The Labute approximate surface area is 173 Å². The quantitative estimate of drug-likeness (QED) is 0.404. The van der Waals surface area contributed by atoms with Gasteiger partial charge >= 0.3 is 0 Å². The van der Waals surface area contributed by atoms with Crippen LogP contribution in [0.15, 0.2) is 78.6 Å². The second kappa shape index (κ2) is 7.91. The van der Waals surface area contributed by atoms with E-state index in [1.807, 2.05) is 19.1 Å². The topological polar surface area (TPSA) is 70.5 Å². The molecule has 30 heavy (non-hydrogen) atoms. The first kappa shape index (κ1) is 19.5. The predicted molar refractivity (Wildman–Crippen MR) is 110 cm³/mol. The molecule has 2 heterocycles. The second-order valence-electron chi connectivity index (χ2n) is 7.21. The Morgan fingerprint density at radius 1 is 1.07 bits per heavy atom. The molecule has 2 aromatic carbocycles. The summed E-state index contributed by atoms with van der Waals surface area (Å²) in [4.78, 5) is 31.3. The molecule has 1 fully saturated rings. The first-order chi connectivity index (χ1) is 14.5. The molecule has 1 atom stereocenters. The lowest BCUT2D eigenvalue weighted by molar-refractivity contribution is -0.140. The second-order valence-corrected chi connectivity index (χ2v) is 7.21. The Bertz CT molecular complexity index is 1120. The molecule has 1 aliphatic heterocycles. The van der Waals surface area contributed by atoms with Crippen LogP contribution in [0.25, 0.3) is 5.76 Å². The molecule has 4 rings (SSSR count). The van der Waals surface area contributed by atoms with Crippen LogP contribution in [0.4, 0.5) is 4.39 Å². The number of likely N-dealkylation sites (tertiary alicyclic amines) is 1. The number of aryl methyl sites for hydroxylation is 1. The smallest absolute Gasteiger partial charge is 0.295 e. The number of halogens is 1. The van der Waals surface area contributed by atoms with Crippen molar-refractivity contribution in [2.45, 2.75) is 19.5 Å². The van der Waals surface area contributed by atoms with Gasteiger partial charge in [0.05, 0.1) is 11.6 Å². The zero-order chi connectivity index (χ0) is 21.3. The van der Waals surface area contributed by atoms with Crippen molar-refractivity contribution < 1.29 is 19.1 Å². The molecule has 0 radical (unpaired) electrons. The molecule has 1 amide bonds. The fraction of sp³-hybridized carbons (Fsp3) is 0.125. The molecule has 1 N–H and O–H groups in total. The van der Waals surface area contributed by atoms with Gasteiger partial charge in [-0.2, -0.15) is 0 Å². The number of nitrogens with zero attached hydrogens (tertiary/aromatic N) is 2. The molecule has 0 bridgehead atoms. The summed E-state index contributed by atoms with van der Waals surface area (Å²) in [5.41, 5.74) is 2.69. The lowest BCUT2D eigenvalue weighted by atomic mass is 9.95. The highest BCUT2D eigenvalue weighted by Crippen LogP contribution is 2.40. The van der Waals surface area contributed by atoms with E-state index in [2.05, 4.69) is 4.98 Å². The maximum Gasteiger partial charge on any atom is 0.295 e. The number of ketones is 1. The molecular formula is C24H19FN2O3. The molecule has 1 unspecified atom stereocenters. The lowest BCUT2D eigenvalue weighted by Gasteiger charge is -2.25. The summed E-state index contributed by atoms with van der Waals surface area (Å²) in [6, 6.07) is 15.3. The van der Waals surface area contributed by atoms with Crippen molar-refractivity contribution in [3.63, 3.8) is 0 Å². The number of benzene rings is 2. The molecular weight excluding hydrogens is 383 g/mol. The molecule has 1 aliphatic rings. The average molecular weight is 402 g/mol. The van der Waals surface area contributed by atoms with Crippen molar-refractivity contribution in [1.29, 1.82) is 0 Å². The number of hydrogen-bond acceptors (Lipinski definition) is 4. The van der Waals surface area contributed by atoms with Gasteiger partial charge in [0.1, 0.15) is 11.6 Å². The fourth-order valence-electron chi connectivity index (χ4n) is 3.59. The van der Waals surface area contributed by atoms with E-state index in [-0.39, 0.29) is 17.9 Å². The van der Waals surface area contributed by atoms with Gasteiger partial charge in [-0.25, -0.2) is 4.39 Å². The fourth-order valence-corrected chi connectivity index (χ4v) is 3.59. The largest absolute Gasteiger partial charge is 0.507 e. The van der Waals surface area contributed by atoms with Gasteiger partial charge < -0.3 is 10.0 Å². The zero-order valence-electron chi connectivity index (χ0n) is 16.2. The van der Waals surface area contributed by atoms with Crippen LogP contribution in [-0.2, 0) is 16.1 Å². The molecule has 1 aromatic heterocycles. The minimum atomic E-state index is -0.841. The van der Waals surface area contributed by atoms with Crippen molar-refractivity contribution in [2.75, 3.05) is 0 Å². The SMILES string of the molecule is Cc1ccc(C(O)=C2C(=O)C(=O)N(Cc3cccnc3)C2c2ccc(F)cc2)cc1. The van der Waals surface area contributed by atoms with E-state index in [1.165, 1.54) is 29.2 Å². The number of carbonyl (C=O) groups is 2. The summed E-state index contributed by atoms with van der Waals surface area (Å²) in [6.45, 7) is 2.04. The van der Waals surface area contributed by atoms with Crippen molar-refractivity contribution in [2.24, 2.45) is 0 Å². The van der Waals surface area contributed by atoms with Gasteiger partial charge in [-0.15, -0.1) is 0 Å². The summed E-state index contributed by atoms with van der Waals surface area (Å²) in [5, 5.41) is 11.0. The van der Waals surface area contributed by atoms with E-state index < -0.39 is 23.5 Å². The van der Waals surface area contributed by atoms with Gasteiger partial charge in [0.2, 0.25) is 0 Å². The highest BCUT2D eigenvalue weighted by atomic mass is 19.1. The van der Waals surface area contributed by atoms with Gasteiger partial charge in [0.15, 0.2) is 0 Å². The zero-order valence-corrected chi connectivity index (χ0v) is 16.2. The Morgan fingerprint density at radius 3 is 2.40 bits per heavy atom.